The number of pyridine rings is 2. The summed E-state index contributed by atoms with van der Waals surface area (Å²) < 4.78 is 3.26. The molecule has 0 fully saturated rings. The van der Waals surface area contributed by atoms with Crippen molar-refractivity contribution in [2.75, 3.05) is 0 Å². The minimum atomic E-state index is 0.876. The molecule has 4 heterocycles. The van der Waals surface area contributed by atoms with Gasteiger partial charge in [0.25, 0.3) is 0 Å². The van der Waals surface area contributed by atoms with Gasteiger partial charge in [0, 0.05) is 28.1 Å². The lowest BCUT2D eigenvalue weighted by Crippen LogP contribution is -1.91. The van der Waals surface area contributed by atoms with E-state index in [-0.39, 0.29) is 0 Å². The van der Waals surface area contributed by atoms with E-state index in [0.29, 0.717) is 0 Å². The Bertz CT molecular complexity index is 2120. The van der Waals surface area contributed by atoms with Crippen LogP contribution in [0, 0.1) is 0 Å². The van der Waals surface area contributed by atoms with E-state index >= 15 is 0 Å². The van der Waals surface area contributed by atoms with Gasteiger partial charge in [0.2, 0.25) is 0 Å². The fourth-order valence-corrected chi connectivity index (χ4v) is 6.14. The zero-order chi connectivity index (χ0) is 25.1. The maximum Gasteiger partial charge on any atom is 0.165 e. The van der Waals surface area contributed by atoms with Crippen molar-refractivity contribution in [2.45, 2.75) is 0 Å². The Balaban J connectivity index is 1.22. The van der Waals surface area contributed by atoms with Crippen LogP contribution in [0.4, 0.5) is 0 Å². The molecule has 5 heteroatoms. The first-order chi connectivity index (χ1) is 18.8. The molecular formula is C33H20N4S. The summed E-state index contributed by atoms with van der Waals surface area (Å²) in [7, 11) is 0. The molecule has 0 spiro atoms. The van der Waals surface area contributed by atoms with Gasteiger partial charge < -0.3 is 0 Å². The van der Waals surface area contributed by atoms with Crippen LogP contribution < -0.4 is 0 Å². The Morgan fingerprint density at radius 3 is 2.16 bits per heavy atom. The van der Waals surface area contributed by atoms with E-state index in [2.05, 4.69) is 95.4 Å². The summed E-state index contributed by atoms with van der Waals surface area (Å²) >= 11 is 1.73. The van der Waals surface area contributed by atoms with E-state index < -0.39 is 0 Å². The summed E-state index contributed by atoms with van der Waals surface area (Å²) in [5.41, 5.74) is 9.25. The van der Waals surface area contributed by atoms with Crippen molar-refractivity contribution >= 4 is 49.1 Å². The summed E-state index contributed by atoms with van der Waals surface area (Å²) in [5, 5.41) is 3.27. The lowest BCUT2D eigenvalue weighted by Gasteiger charge is -2.09. The molecule has 4 aromatic heterocycles. The second kappa shape index (κ2) is 8.33. The highest BCUT2D eigenvalue weighted by Gasteiger charge is 2.15. The lowest BCUT2D eigenvalue weighted by molar-refractivity contribution is 1.19. The number of benzene rings is 4. The van der Waals surface area contributed by atoms with Gasteiger partial charge in [-0.2, -0.15) is 0 Å². The van der Waals surface area contributed by atoms with Crippen molar-refractivity contribution in [1.82, 2.24) is 19.4 Å². The molecule has 0 bridgehead atoms. The first-order valence-electron chi connectivity index (χ1n) is 12.5. The maximum atomic E-state index is 5.13. The molecule has 0 saturated heterocycles. The Morgan fingerprint density at radius 2 is 1.29 bits per heavy atom. The van der Waals surface area contributed by atoms with Crippen molar-refractivity contribution in [2.24, 2.45) is 0 Å². The van der Waals surface area contributed by atoms with Gasteiger partial charge in [-0.25, -0.2) is 15.0 Å². The van der Waals surface area contributed by atoms with Gasteiger partial charge in [0.1, 0.15) is 16.2 Å². The number of thiazole rings is 1. The molecule has 4 nitrogen and oxygen atoms in total. The first-order valence-corrected chi connectivity index (χ1v) is 13.4. The molecule has 0 unspecified atom stereocenters. The summed E-state index contributed by atoms with van der Waals surface area (Å²) in [5.74, 6) is 0. The van der Waals surface area contributed by atoms with Crippen LogP contribution in [-0.4, -0.2) is 19.4 Å². The molecule has 4 aromatic carbocycles. The second-order valence-corrected chi connectivity index (χ2v) is 10.4. The minimum absolute atomic E-state index is 0.876. The monoisotopic (exact) mass is 504 g/mol. The molecule has 0 aliphatic carbocycles. The Kier molecular flexibility index (Phi) is 4.66. The van der Waals surface area contributed by atoms with Crippen molar-refractivity contribution < 1.29 is 0 Å². The molecule has 0 aliphatic rings. The molecule has 0 N–H and O–H groups in total. The van der Waals surface area contributed by atoms with Gasteiger partial charge in [-0.05, 0) is 35.4 Å². The molecule has 178 valence electrons. The van der Waals surface area contributed by atoms with Crippen LogP contribution >= 0.6 is 11.3 Å². The van der Waals surface area contributed by atoms with Crippen molar-refractivity contribution in [3.05, 3.63) is 121 Å². The number of rotatable bonds is 3. The zero-order valence-electron chi connectivity index (χ0n) is 20.2. The first kappa shape index (κ1) is 21.2. The largest absolute Gasteiger partial charge is 0.284 e. The lowest BCUT2D eigenvalue weighted by atomic mass is 9.99. The summed E-state index contributed by atoms with van der Waals surface area (Å²) in [6, 6.07) is 40.0. The standard InChI is InChI=1S/C33H20N4S/c1-2-8-23(9-3-1)33-34-27-20-24(17-18-28(27)38-33)21-13-15-22(16-14-21)30-25-10-4-5-11-26(25)31-32(36-30)37-19-7-6-12-29(37)35-31/h1-20H. The van der Waals surface area contributed by atoms with Crippen LogP contribution in [0.15, 0.2) is 121 Å². The third-order valence-corrected chi connectivity index (χ3v) is 8.15. The topological polar surface area (TPSA) is 43.1 Å². The average Bonchev–Trinajstić information content (AvgIpc) is 3.59. The predicted molar refractivity (Wildman–Crippen MR) is 157 cm³/mol. The Hall–Kier alpha value is -4.87. The summed E-state index contributed by atoms with van der Waals surface area (Å²) in [6.07, 6.45) is 2.02. The Labute approximate surface area is 222 Å². The zero-order valence-corrected chi connectivity index (χ0v) is 21.1. The van der Waals surface area contributed by atoms with E-state index in [4.69, 9.17) is 15.0 Å². The van der Waals surface area contributed by atoms with Crippen LogP contribution in [0.3, 0.4) is 0 Å². The average molecular weight is 505 g/mol. The Morgan fingerprint density at radius 1 is 0.553 bits per heavy atom. The van der Waals surface area contributed by atoms with Gasteiger partial charge >= 0.3 is 0 Å². The van der Waals surface area contributed by atoms with Crippen molar-refractivity contribution in [3.8, 4) is 33.0 Å². The smallest absolute Gasteiger partial charge is 0.165 e. The van der Waals surface area contributed by atoms with Crippen molar-refractivity contribution in [1.29, 1.82) is 0 Å². The van der Waals surface area contributed by atoms with Crippen LogP contribution in [0.25, 0.3) is 70.8 Å². The summed E-state index contributed by atoms with van der Waals surface area (Å²) in [6.45, 7) is 0. The third-order valence-electron chi connectivity index (χ3n) is 7.06. The third kappa shape index (κ3) is 3.33. The van der Waals surface area contributed by atoms with Crippen LogP contribution in [0.1, 0.15) is 0 Å². The van der Waals surface area contributed by atoms with Crippen molar-refractivity contribution in [3.63, 3.8) is 0 Å². The van der Waals surface area contributed by atoms with Gasteiger partial charge in [-0.15, -0.1) is 11.3 Å². The predicted octanol–water partition coefficient (Wildman–Crippen LogP) is 8.65. The maximum absolute atomic E-state index is 5.13. The molecule has 0 saturated carbocycles. The van der Waals surface area contributed by atoms with E-state index in [9.17, 15) is 0 Å². The van der Waals surface area contributed by atoms with Gasteiger partial charge in [-0.3, -0.25) is 4.40 Å². The molecule has 0 amide bonds. The van der Waals surface area contributed by atoms with E-state index in [1.165, 1.54) is 4.70 Å². The quantitative estimate of drug-likeness (QED) is 0.242. The van der Waals surface area contributed by atoms with E-state index in [1.807, 2.05) is 30.5 Å². The number of hydrogen-bond donors (Lipinski definition) is 0. The van der Waals surface area contributed by atoms with E-state index in [0.717, 1.165) is 66.1 Å². The van der Waals surface area contributed by atoms with Crippen LogP contribution in [0.5, 0.6) is 0 Å². The number of nitrogens with zero attached hydrogens (tertiary/aromatic N) is 4. The molecule has 0 radical (unpaired) electrons. The van der Waals surface area contributed by atoms with Gasteiger partial charge in [0.05, 0.1) is 15.9 Å². The molecule has 8 rings (SSSR count). The SMILES string of the molecule is c1ccc(-c2nc3cc(-c4ccc(-c5nc6c(nc7ccccn76)c6ccccc56)cc4)ccc3s2)cc1. The summed E-state index contributed by atoms with van der Waals surface area (Å²) in [4.78, 5) is 14.9. The number of imidazole rings is 1. The normalized spacial score (nSPS) is 11.7. The molecule has 0 aliphatic heterocycles. The number of aromatic nitrogens is 4. The molecule has 0 atom stereocenters. The van der Waals surface area contributed by atoms with Gasteiger partial charge in [-0.1, -0.05) is 91.0 Å². The molecule has 8 aromatic rings. The molecule has 38 heavy (non-hydrogen) atoms. The molecular weight excluding hydrogens is 484 g/mol. The minimum Gasteiger partial charge on any atom is -0.284 e. The number of fused-ring (bicyclic) bond motifs is 6. The fourth-order valence-electron chi connectivity index (χ4n) is 5.18. The highest BCUT2D eigenvalue weighted by molar-refractivity contribution is 7.21. The fraction of sp³-hybridized carbons (Fsp3) is 0. The number of hydrogen-bond acceptors (Lipinski definition) is 4. The van der Waals surface area contributed by atoms with Crippen LogP contribution in [-0.2, 0) is 0 Å². The highest BCUT2D eigenvalue weighted by Crippen LogP contribution is 2.35. The van der Waals surface area contributed by atoms with E-state index in [1.54, 1.807) is 11.3 Å². The van der Waals surface area contributed by atoms with Gasteiger partial charge in [0.15, 0.2) is 5.65 Å². The highest BCUT2D eigenvalue weighted by atomic mass is 32.1. The second-order valence-electron chi connectivity index (χ2n) is 9.36. The van der Waals surface area contributed by atoms with Crippen LogP contribution in [0.2, 0.25) is 0 Å².